The van der Waals surface area contributed by atoms with Gasteiger partial charge in [0.05, 0.1) is 6.04 Å². The number of likely N-dealkylation sites (tertiary alicyclic amines) is 1. The zero-order valence-corrected chi connectivity index (χ0v) is 12.9. The Morgan fingerprint density at radius 3 is 2.52 bits per heavy atom. The Morgan fingerprint density at radius 1 is 1.30 bits per heavy atom. The van der Waals surface area contributed by atoms with Gasteiger partial charge in [-0.1, -0.05) is 6.92 Å². The van der Waals surface area contributed by atoms with E-state index in [1.165, 1.54) is 10.9 Å². The number of carbonyl (C=O) groups excluding carboxylic acids is 1. The molecule has 2 aliphatic heterocycles. The Kier molecular flexibility index (Phi) is 4.35. The summed E-state index contributed by atoms with van der Waals surface area (Å²) >= 11 is 0. The first kappa shape index (κ1) is 16.3. The van der Waals surface area contributed by atoms with Crippen LogP contribution in [0.5, 0.6) is 0 Å². The third kappa shape index (κ3) is 3.36. The summed E-state index contributed by atoms with van der Waals surface area (Å²) in [5.74, 6) is 0.227. The fourth-order valence-corrected chi connectivity index (χ4v) is 3.23. The predicted molar refractivity (Wildman–Crippen MR) is 75.6 cm³/mol. The van der Waals surface area contributed by atoms with Gasteiger partial charge in [0.1, 0.15) is 6.10 Å². The lowest BCUT2D eigenvalue weighted by Crippen LogP contribution is -2.45. The van der Waals surface area contributed by atoms with Gasteiger partial charge in [0.15, 0.2) is 5.69 Å². The minimum atomic E-state index is -4.42. The number of nitrogens with zero attached hydrogens (tertiary/aromatic N) is 3. The van der Waals surface area contributed by atoms with Gasteiger partial charge in [0, 0.05) is 25.9 Å². The van der Waals surface area contributed by atoms with Crippen molar-refractivity contribution in [3.05, 3.63) is 18.0 Å². The number of aromatic nitrogens is 2. The molecule has 0 bridgehead atoms. The third-order valence-electron chi connectivity index (χ3n) is 4.68. The smallest absolute Gasteiger partial charge is 0.368 e. The minimum absolute atomic E-state index is 0.00453. The van der Waals surface area contributed by atoms with Gasteiger partial charge in [-0.05, 0) is 31.2 Å². The van der Waals surface area contributed by atoms with Crippen LogP contribution in [-0.2, 0) is 15.7 Å². The van der Waals surface area contributed by atoms with Gasteiger partial charge < -0.3 is 9.64 Å². The number of piperidine rings is 1. The van der Waals surface area contributed by atoms with Crippen LogP contribution < -0.4 is 0 Å². The molecule has 0 unspecified atom stereocenters. The first-order valence-corrected chi connectivity index (χ1v) is 7.89. The summed E-state index contributed by atoms with van der Waals surface area (Å²) < 4.78 is 44.7. The van der Waals surface area contributed by atoms with Crippen LogP contribution in [0.1, 0.15) is 37.9 Å². The summed E-state index contributed by atoms with van der Waals surface area (Å²) in [6, 6.07) is 0.892. The fourth-order valence-electron chi connectivity index (χ4n) is 3.23. The minimum Gasteiger partial charge on any atom is -0.368 e. The highest BCUT2D eigenvalue weighted by Crippen LogP contribution is 2.30. The summed E-state index contributed by atoms with van der Waals surface area (Å²) in [6.45, 7) is 3.67. The number of rotatable bonds is 2. The number of halogens is 3. The summed E-state index contributed by atoms with van der Waals surface area (Å²) in [7, 11) is 0. The van der Waals surface area contributed by atoms with Crippen molar-refractivity contribution in [1.29, 1.82) is 0 Å². The van der Waals surface area contributed by atoms with Crippen LogP contribution in [0.4, 0.5) is 13.2 Å². The zero-order valence-electron chi connectivity index (χ0n) is 12.9. The first-order valence-electron chi connectivity index (χ1n) is 7.89. The molecule has 2 saturated heterocycles. The lowest BCUT2D eigenvalue weighted by atomic mass is 10.0. The molecule has 2 fully saturated rings. The summed E-state index contributed by atoms with van der Waals surface area (Å²) in [4.78, 5) is 14.2. The summed E-state index contributed by atoms with van der Waals surface area (Å²) in [5.41, 5.74) is -0.871. The van der Waals surface area contributed by atoms with E-state index < -0.39 is 11.9 Å². The van der Waals surface area contributed by atoms with E-state index >= 15 is 0 Å². The maximum atomic E-state index is 12.6. The van der Waals surface area contributed by atoms with Crippen molar-refractivity contribution in [2.75, 3.05) is 19.7 Å². The quantitative estimate of drug-likeness (QED) is 0.836. The molecule has 0 spiro atoms. The number of ether oxygens (including phenoxy) is 1. The number of alkyl halides is 3. The highest BCUT2D eigenvalue weighted by molar-refractivity contribution is 5.81. The Balaban J connectivity index is 1.58. The number of carbonyl (C=O) groups is 1. The van der Waals surface area contributed by atoms with Gasteiger partial charge in [0.2, 0.25) is 0 Å². The topological polar surface area (TPSA) is 47.4 Å². The van der Waals surface area contributed by atoms with Crippen LogP contribution in [0.2, 0.25) is 0 Å². The normalized spacial score (nSPS) is 26.7. The molecule has 1 aromatic rings. The Morgan fingerprint density at radius 2 is 2.00 bits per heavy atom. The molecule has 2 aliphatic rings. The second-order valence-corrected chi connectivity index (χ2v) is 6.29. The number of hydrogen-bond donors (Lipinski definition) is 0. The van der Waals surface area contributed by atoms with Crippen LogP contribution in [0.3, 0.4) is 0 Å². The van der Waals surface area contributed by atoms with Gasteiger partial charge in [-0.2, -0.15) is 18.3 Å². The molecule has 0 saturated carbocycles. The second kappa shape index (κ2) is 6.14. The third-order valence-corrected chi connectivity index (χ3v) is 4.68. The van der Waals surface area contributed by atoms with E-state index in [9.17, 15) is 18.0 Å². The van der Waals surface area contributed by atoms with E-state index in [1.54, 1.807) is 4.90 Å². The largest absolute Gasteiger partial charge is 0.435 e. The fraction of sp³-hybridized carbons (Fsp3) is 0.733. The van der Waals surface area contributed by atoms with E-state index in [1.807, 2.05) is 6.92 Å². The molecule has 1 aromatic heterocycles. The molecule has 0 N–H and O–H groups in total. The van der Waals surface area contributed by atoms with Crippen molar-refractivity contribution in [3.63, 3.8) is 0 Å². The lowest BCUT2D eigenvalue weighted by molar-refractivity contribution is -0.143. The zero-order chi connectivity index (χ0) is 16.6. The van der Waals surface area contributed by atoms with Gasteiger partial charge in [-0.25, -0.2) is 0 Å². The molecular weight excluding hydrogens is 311 g/mol. The molecular formula is C15H20F3N3O2. The van der Waals surface area contributed by atoms with Crippen molar-refractivity contribution >= 4 is 5.91 Å². The molecule has 128 valence electrons. The SMILES string of the molecule is C[C@@H]1CCO[C@H]1C(=O)N1CCC(n2ccc(C(F)(F)F)n2)CC1. The Bertz CT molecular complexity index is 565. The van der Waals surface area contributed by atoms with Crippen molar-refractivity contribution in [1.82, 2.24) is 14.7 Å². The molecule has 2 atom stereocenters. The number of amides is 1. The molecule has 23 heavy (non-hydrogen) atoms. The summed E-state index contributed by atoms with van der Waals surface area (Å²) in [5, 5.41) is 3.63. The average Bonchev–Trinajstić information content (AvgIpc) is 3.15. The predicted octanol–water partition coefficient (Wildman–Crippen LogP) is 2.49. The highest BCUT2D eigenvalue weighted by Gasteiger charge is 2.37. The molecule has 0 aliphatic carbocycles. The van der Waals surface area contributed by atoms with Gasteiger partial charge in [-0.3, -0.25) is 9.48 Å². The molecule has 0 radical (unpaired) electrons. The second-order valence-electron chi connectivity index (χ2n) is 6.29. The lowest BCUT2D eigenvalue weighted by Gasteiger charge is -2.34. The molecule has 5 nitrogen and oxygen atoms in total. The van der Waals surface area contributed by atoms with Crippen molar-refractivity contribution in [2.24, 2.45) is 5.92 Å². The maximum absolute atomic E-state index is 12.6. The van der Waals surface area contributed by atoms with Crippen LogP contribution in [0.25, 0.3) is 0 Å². The van der Waals surface area contributed by atoms with Crippen LogP contribution in [0, 0.1) is 5.92 Å². The molecule has 3 rings (SSSR count). The Hall–Kier alpha value is -1.57. The highest BCUT2D eigenvalue weighted by atomic mass is 19.4. The van der Waals surface area contributed by atoms with Crippen LogP contribution in [0.15, 0.2) is 12.3 Å². The van der Waals surface area contributed by atoms with Crippen molar-refractivity contribution in [2.45, 2.75) is 44.5 Å². The van der Waals surface area contributed by atoms with E-state index in [-0.39, 0.29) is 24.0 Å². The monoisotopic (exact) mass is 331 g/mol. The molecule has 3 heterocycles. The van der Waals surface area contributed by atoms with Crippen molar-refractivity contribution in [3.8, 4) is 0 Å². The summed E-state index contributed by atoms with van der Waals surface area (Å²) in [6.07, 6.45) is -1.32. The Labute approximate surface area is 132 Å². The van der Waals surface area contributed by atoms with E-state index in [0.717, 1.165) is 12.5 Å². The number of hydrogen-bond acceptors (Lipinski definition) is 3. The standard InChI is InChI=1S/C15H20F3N3O2/c1-10-5-9-23-13(10)14(22)20-6-2-11(3-7-20)21-8-4-12(19-21)15(16,17)18/h4,8,10-11,13H,2-3,5-7,9H2,1H3/t10-,13-/m1/s1. The average molecular weight is 331 g/mol. The molecule has 0 aromatic carbocycles. The maximum Gasteiger partial charge on any atom is 0.435 e. The van der Waals surface area contributed by atoms with Crippen LogP contribution in [-0.4, -0.2) is 46.4 Å². The molecule has 1 amide bonds. The van der Waals surface area contributed by atoms with Crippen molar-refractivity contribution < 1.29 is 22.7 Å². The van der Waals surface area contributed by atoms with Gasteiger partial charge in [-0.15, -0.1) is 0 Å². The van der Waals surface area contributed by atoms with Gasteiger partial charge in [0.25, 0.3) is 5.91 Å². The van der Waals surface area contributed by atoms with E-state index in [0.29, 0.717) is 32.5 Å². The van der Waals surface area contributed by atoms with Gasteiger partial charge >= 0.3 is 6.18 Å². The van der Waals surface area contributed by atoms with E-state index in [4.69, 9.17) is 4.74 Å². The van der Waals surface area contributed by atoms with Crippen LogP contribution >= 0.6 is 0 Å². The van der Waals surface area contributed by atoms with E-state index in [2.05, 4.69) is 5.10 Å². The first-order chi connectivity index (χ1) is 10.9. The molecule has 8 heteroatoms.